The van der Waals surface area contributed by atoms with Crippen LogP contribution in [0.1, 0.15) is 51.4 Å². The van der Waals surface area contributed by atoms with Crippen molar-refractivity contribution in [3.8, 4) is 0 Å². The van der Waals surface area contributed by atoms with E-state index in [9.17, 15) is 4.79 Å². The quantitative estimate of drug-likeness (QED) is 0.786. The molecule has 0 aliphatic rings. The number of carbonyl (C=O) groups is 1. The molecule has 1 heterocycles. The molecule has 3 nitrogen and oxygen atoms in total. The number of rotatable bonds is 5. The first-order valence-electron chi connectivity index (χ1n) is 8.69. The molecule has 1 aromatic carbocycles. The van der Waals surface area contributed by atoms with Gasteiger partial charge in [0.1, 0.15) is 0 Å². The van der Waals surface area contributed by atoms with Gasteiger partial charge in [0.2, 0.25) is 5.91 Å². The molecular formula is C21H30N2O. The van der Waals surface area contributed by atoms with Crippen LogP contribution in [0.5, 0.6) is 0 Å². The number of aromatic nitrogens is 1. The molecule has 130 valence electrons. The molecule has 0 N–H and O–H groups in total. The predicted octanol–water partition coefficient (Wildman–Crippen LogP) is 4.63. The second kappa shape index (κ2) is 7.25. The Labute approximate surface area is 146 Å². The maximum Gasteiger partial charge on any atom is 0.228 e. The third-order valence-corrected chi connectivity index (χ3v) is 4.22. The van der Waals surface area contributed by atoms with Crippen molar-refractivity contribution in [3.05, 3.63) is 59.4 Å². The van der Waals surface area contributed by atoms with Crippen molar-refractivity contribution in [1.29, 1.82) is 0 Å². The second-order valence-electron chi connectivity index (χ2n) is 7.89. The summed E-state index contributed by atoms with van der Waals surface area (Å²) >= 11 is 0. The van der Waals surface area contributed by atoms with Gasteiger partial charge in [-0.1, -0.05) is 50.6 Å². The van der Waals surface area contributed by atoms with E-state index >= 15 is 0 Å². The Kier molecular flexibility index (Phi) is 5.53. The van der Waals surface area contributed by atoms with E-state index in [0.29, 0.717) is 6.54 Å². The Morgan fingerprint density at radius 1 is 1.17 bits per heavy atom. The number of aryl methyl sites for hydroxylation is 1. The smallest absolute Gasteiger partial charge is 0.228 e. The first-order valence-corrected chi connectivity index (χ1v) is 8.69. The second-order valence-corrected chi connectivity index (χ2v) is 7.89. The predicted molar refractivity (Wildman–Crippen MR) is 99.9 cm³/mol. The normalized spacial score (nSPS) is 11.8. The molecular weight excluding hydrogens is 296 g/mol. The van der Waals surface area contributed by atoms with Crippen molar-refractivity contribution in [1.82, 2.24) is 9.47 Å². The Bertz CT molecular complexity index is 692. The van der Waals surface area contributed by atoms with E-state index in [0.717, 1.165) is 6.54 Å². The van der Waals surface area contributed by atoms with Gasteiger partial charge in [-0.25, -0.2) is 0 Å². The Morgan fingerprint density at radius 3 is 2.46 bits per heavy atom. The van der Waals surface area contributed by atoms with Gasteiger partial charge in [-0.15, -0.1) is 0 Å². The number of amides is 1. The lowest BCUT2D eigenvalue weighted by molar-refractivity contribution is -0.142. The van der Waals surface area contributed by atoms with Gasteiger partial charge >= 0.3 is 0 Å². The molecule has 0 aliphatic heterocycles. The van der Waals surface area contributed by atoms with Gasteiger partial charge in [-0.05, 0) is 38.5 Å². The highest BCUT2D eigenvalue weighted by molar-refractivity contribution is 5.81. The van der Waals surface area contributed by atoms with E-state index in [1.54, 1.807) is 0 Å². The molecule has 0 atom stereocenters. The minimum Gasteiger partial charge on any atom is -0.345 e. The fourth-order valence-electron chi connectivity index (χ4n) is 2.85. The molecule has 2 rings (SSSR count). The molecule has 0 saturated carbocycles. The van der Waals surface area contributed by atoms with Gasteiger partial charge in [0.25, 0.3) is 0 Å². The van der Waals surface area contributed by atoms with Crippen LogP contribution in [0, 0.1) is 12.3 Å². The molecule has 1 aromatic heterocycles. The molecule has 0 radical (unpaired) electrons. The third kappa shape index (κ3) is 4.50. The van der Waals surface area contributed by atoms with Gasteiger partial charge in [0, 0.05) is 29.9 Å². The van der Waals surface area contributed by atoms with Crippen molar-refractivity contribution >= 4 is 5.91 Å². The number of hydrogen-bond acceptors (Lipinski definition) is 1. The highest BCUT2D eigenvalue weighted by atomic mass is 16.2. The molecule has 0 aliphatic carbocycles. The molecule has 0 bridgehead atoms. The summed E-state index contributed by atoms with van der Waals surface area (Å²) in [6.45, 7) is 13.7. The summed E-state index contributed by atoms with van der Waals surface area (Å²) < 4.78 is 2.24. The van der Waals surface area contributed by atoms with Crippen LogP contribution in [0.2, 0.25) is 0 Å². The van der Waals surface area contributed by atoms with Crippen LogP contribution < -0.4 is 0 Å². The van der Waals surface area contributed by atoms with E-state index in [1.165, 1.54) is 16.8 Å². The Balaban J connectivity index is 2.21. The van der Waals surface area contributed by atoms with Crippen LogP contribution in [0.4, 0.5) is 0 Å². The van der Waals surface area contributed by atoms with Crippen LogP contribution in [0.15, 0.2) is 42.6 Å². The van der Waals surface area contributed by atoms with Crippen LogP contribution in [-0.4, -0.2) is 21.4 Å². The zero-order valence-corrected chi connectivity index (χ0v) is 15.8. The third-order valence-electron chi connectivity index (χ3n) is 4.22. The monoisotopic (exact) mass is 326 g/mol. The molecule has 0 fully saturated rings. The number of carbonyl (C=O) groups excluding carboxylic acids is 1. The first-order chi connectivity index (χ1) is 11.2. The number of nitrogens with zero attached hydrogens (tertiary/aromatic N) is 2. The van der Waals surface area contributed by atoms with Crippen molar-refractivity contribution in [2.75, 3.05) is 0 Å². The van der Waals surface area contributed by atoms with E-state index in [-0.39, 0.29) is 17.4 Å². The van der Waals surface area contributed by atoms with Gasteiger partial charge in [-0.3, -0.25) is 4.79 Å². The fourth-order valence-corrected chi connectivity index (χ4v) is 2.85. The summed E-state index contributed by atoms with van der Waals surface area (Å²) in [4.78, 5) is 14.7. The SMILES string of the molecule is Cc1cccc(Cn2cccc2CN(C(=O)C(C)(C)C)C(C)C)c1. The van der Waals surface area contributed by atoms with Crippen LogP contribution in [0.3, 0.4) is 0 Å². The highest BCUT2D eigenvalue weighted by Crippen LogP contribution is 2.22. The van der Waals surface area contributed by atoms with Gasteiger partial charge < -0.3 is 9.47 Å². The van der Waals surface area contributed by atoms with Gasteiger partial charge in [0.15, 0.2) is 0 Å². The lowest BCUT2D eigenvalue weighted by Gasteiger charge is -2.33. The maximum atomic E-state index is 12.8. The van der Waals surface area contributed by atoms with E-state index in [4.69, 9.17) is 0 Å². The van der Waals surface area contributed by atoms with Crippen LogP contribution >= 0.6 is 0 Å². The van der Waals surface area contributed by atoms with Crippen molar-refractivity contribution in [2.45, 2.75) is 60.7 Å². The topological polar surface area (TPSA) is 25.2 Å². The van der Waals surface area contributed by atoms with E-state index in [1.807, 2.05) is 25.7 Å². The molecule has 0 saturated heterocycles. The molecule has 0 spiro atoms. The minimum atomic E-state index is -0.363. The summed E-state index contributed by atoms with van der Waals surface area (Å²) in [5, 5.41) is 0. The molecule has 0 unspecified atom stereocenters. The highest BCUT2D eigenvalue weighted by Gasteiger charge is 2.29. The lowest BCUT2D eigenvalue weighted by atomic mass is 9.94. The standard InChI is InChI=1S/C21H30N2O/c1-16(2)23(20(24)21(4,5)6)15-19-11-8-12-22(19)14-18-10-7-9-17(3)13-18/h7-13,16H,14-15H2,1-6H3. The van der Waals surface area contributed by atoms with Gasteiger partial charge in [-0.2, -0.15) is 0 Å². The van der Waals surface area contributed by atoms with Gasteiger partial charge in [0.05, 0.1) is 6.54 Å². The molecule has 1 amide bonds. The van der Waals surface area contributed by atoms with Crippen LogP contribution in [0.25, 0.3) is 0 Å². The average Bonchev–Trinajstić information content (AvgIpc) is 2.90. The zero-order chi connectivity index (χ0) is 17.9. The van der Waals surface area contributed by atoms with Crippen molar-refractivity contribution < 1.29 is 4.79 Å². The summed E-state index contributed by atoms with van der Waals surface area (Å²) in [6, 6.07) is 12.9. The summed E-state index contributed by atoms with van der Waals surface area (Å²) in [6.07, 6.45) is 2.09. The molecule has 2 aromatic rings. The zero-order valence-electron chi connectivity index (χ0n) is 15.8. The summed E-state index contributed by atoms with van der Waals surface area (Å²) in [5.41, 5.74) is 3.36. The Morgan fingerprint density at radius 2 is 1.88 bits per heavy atom. The lowest BCUT2D eigenvalue weighted by Crippen LogP contribution is -2.43. The Hall–Kier alpha value is -2.03. The minimum absolute atomic E-state index is 0.180. The fraction of sp³-hybridized carbons (Fsp3) is 0.476. The maximum absolute atomic E-state index is 12.8. The number of hydrogen-bond donors (Lipinski definition) is 0. The summed E-state index contributed by atoms with van der Waals surface area (Å²) in [7, 11) is 0. The summed E-state index contributed by atoms with van der Waals surface area (Å²) in [5.74, 6) is 0.195. The molecule has 3 heteroatoms. The average molecular weight is 326 g/mol. The van der Waals surface area contributed by atoms with Crippen molar-refractivity contribution in [2.24, 2.45) is 5.41 Å². The van der Waals surface area contributed by atoms with E-state index in [2.05, 4.69) is 67.9 Å². The first kappa shape index (κ1) is 18.3. The van der Waals surface area contributed by atoms with Crippen molar-refractivity contribution in [3.63, 3.8) is 0 Å². The molecule has 24 heavy (non-hydrogen) atoms. The van der Waals surface area contributed by atoms with Crippen LogP contribution in [-0.2, 0) is 17.9 Å². The number of benzene rings is 1. The van der Waals surface area contributed by atoms with E-state index < -0.39 is 0 Å². The largest absolute Gasteiger partial charge is 0.345 e.